The summed E-state index contributed by atoms with van der Waals surface area (Å²) in [6.07, 6.45) is 1.78. The Morgan fingerprint density at radius 3 is 2.67 bits per heavy atom. The topological polar surface area (TPSA) is 48.7 Å². The molecule has 1 aromatic carbocycles. The lowest BCUT2D eigenvalue weighted by atomic mass is 9.96. The molecule has 1 aromatic heterocycles. The van der Waals surface area contributed by atoms with Crippen molar-refractivity contribution in [3.05, 3.63) is 57.8 Å². The highest BCUT2D eigenvalue weighted by molar-refractivity contribution is 8.14. The van der Waals surface area contributed by atoms with Gasteiger partial charge in [0, 0.05) is 18.0 Å². The van der Waals surface area contributed by atoms with E-state index in [-0.39, 0.29) is 27.9 Å². The number of aromatic hydroxyl groups is 1. The standard InChI is InChI=1S/C17H15Cl2N3OS/c1-9-8-22-15(10-6-11(18)16(23)12(19)7-10)14(21-17(22)24-9)13-4-2-3-5-20-13/h2-7,9,14-15,23H,8H2,1H3. The average Bonchev–Trinajstić information content (AvgIpc) is 3.08. The number of benzene rings is 1. The van der Waals surface area contributed by atoms with Gasteiger partial charge in [0.05, 0.1) is 21.8 Å². The lowest BCUT2D eigenvalue weighted by Gasteiger charge is -2.27. The van der Waals surface area contributed by atoms with E-state index in [2.05, 4.69) is 16.8 Å². The zero-order valence-corrected chi connectivity index (χ0v) is 15.2. The zero-order valence-electron chi connectivity index (χ0n) is 12.9. The molecule has 1 saturated heterocycles. The number of aromatic nitrogens is 1. The fourth-order valence-electron chi connectivity index (χ4n) is 3.23. The third-order valence-electron chi connectivity index (χ3n) is 4.26. The van der Waals surface area contributed by atoms with Crippen LogP contribution in [0.2, 0.25) is 10.0 Å². The third-order valence-corrected chi connectivity index (χ3v) is 5.94. The molecule has 3 unspecified atom stereocenters. The lowest BCUT2D eigenvalue weighted by Crippen LogP contribution is -2.28. The molecule has 2 aromatic rings. The summed E-state index contributed by atoms with van der Waals surface area (Å²) < 4.78 is 0. The summed E-state index contributed by atoms with van der Waals surface area (Å²) in [6, 6.07) is 9.26. The van der Waals surface area contributed by atoms with Crippen molar-refractivity contribution in [2.24, 2.45) is 4.99 Å². The number of phenols is 1. The molecule has 3 atom stereocenters. The maximum absolute atomic E-state index is 9.86. The highest BCUT2D eigenvalue weighted by Gasteiger charge is 2.43. The van der Waals surface area contributed by atoms with Gasteiger partial charge in [0.1, 0.15) is 6.04 Å². The van der Waals surface area contributed by atoms with Crippen molar-refractivity contribution >= 4 is 40.1 Å². The number of phenolic OH excluding ortho intramolecular Hbond substituents is 1. The van der Waals surface area contributed by atoms with Crippen LogP contribution in [0.25, 0.3) is 0 Å². The van der Waals surface area contributed by atoms with Gasteiger partial charge in [0.15, 0.2) is 10.9 Å². The molecule has 124 valence electrons. The maximum Gasteiger partial charge on any atom is 0.160 e. The molecule has 0 radical (unpaired) electrons. The first-order valence-corrected chi connectivity index (χ1v) is 9.28. The van der Waals surface area contributed by atoms with E-state index in [9.17, 15) is 5.11 Å². The predicted octanol–water partition coefficient (Wildman–Crippen LogP) is 4.68. The van der Waals surface area contributed by atoms with Gasteiger partial charge < -0.3 is 10.0 Å². The highest BCUT2D eigenvalue weighted by atomic mass is 35.5. The number of pyridine rings is 1. The summed E-state index contributed by atoms with van der Waals surface area (Å²) in [7, 11) is 0. The monoisotopic (exact) mass is 379 g/mol. The first-order valence-electron chi connectivity index (χ1n) is 7.64. The van der Waals surface area contributed by atoms with Crippen LogP contribution in [0.15, 0.2) is 41.5 Å². The van der Waals surface area contributed by atoms with E-state index in [0.717, 1.165) is 23.0 Å². The van der Waals surface area contributed by atoms with Crippen LogP contribution in [0.5, 0.6) is 5.75 Å². The lowest BCUT2D eigenvalue weighted by molar-refractivity contribution is 0.321. The van der Waals surface area contributed by atoms with Crippen LogP contribution in [0.1, 0.15) is 30.3 Å². The second-order valence-corrected chi connectivity index (χ2v) is 8.19. The van der Waals surface area contributed by atoms with E-state index in [0.29, 0.717) is 5.25 Å². The van der Waals surface area contributed by atoms with E-state index in [1.54, 1.807) is 30.1 Å². The highest BCUT2D eigenvalue weighted by Crippen LogP contribution is 2.49. The van der Waals surface area contributed by atoms with Crippen LogP contribution in [-0.2, 0) is 0 Å². The Morgan fingerprint density at radius 1 is 1.25 bits per heavy atom. The Hall–Kier alpha value is -1.43. The van der Waals surface area contributed by atoms with Gasteiger partial charge in [0.2, 0.25) is 0 Å². The van der Waals surface area contributed by atoms with Gasteiger partial charge in [-0.2, -0.15) is 0 Å². The molecule has 1 N–H and O–H groups in total. The number of hydrogen-bond acceptors (Lipinski definition) is 5. The number of thioether (sulfide) groups is 1. The second-order valence-electron chi connectivity index (χ2n) is 5.97. The number of fused-ring (bicyclic) bond motifs is 1. The minimum Gasteiger partial charge on any atom is -0.505 e. The summed E-state index contributed by atoms with van der Waals surface area (Å²) in [4.78, 5) is 11.7. The molecule has 24 heavy (non-hydrogen) atoms. The molecule has 2 aliphatic rings. The Labute approximate surface area is 154 Å². The van der Waals surface area contributed by atoms with Crippen molar-refractivity contribution in [1.29, 1.82) is 0 Å². The normalized spacial score (nSPS) is 25.7. The average molecular weight is 380 g/mol. The molecular formula is C17H15Cl2N3OS. The summed E-state index contributed by atoms with van der Waals surface area (Å²) in [5.41, 5.74) is 1.85. The number of nitrogens with zero attached hydrogens (tertiary/aromatic N) is 3. The third kappa shape index (κ3) is 2.65. The predicted molar refractivity (Wildman–Crippen MR) is 99.0 cm³/mol. The summed E-state index contributed by atoms with van der Waals surface area (Å²) >= 11 is 14.1. The van der Waals surface area contributed by atoms with Crippen molar-refractivity contribution in [3.63, 3.8) is 0 Å². The summed E-state index contributed by atoms with van der Waals surface area (Å²) in [5, 5.41) is 11.9. The van der Waals surface area contributed by atoms with E-state index < -0.39 is 0 Å². The molecule has 1 fully saturated rings. The zero-order chi connectivity index (χ0) is 16.8. The van der Waals surface area contributed by atoms with E-state index in [1.807, 2.05) is 18.2 Å². The van der Waals surface area contributed by atoms with Crippen LogP contribution >= 0.6 is 35.0 Å². The Bertz CT molecular complexity index is 792. The number of aliphatic imine (C=N–C) groups is 1. The first-order chi connectivity index (χ1) is 11.5. The number of hydrogen-bond donors (Lipinski definition) is 1. The fourth-order valence-corrected chi connectivity index (χ4v) is 4.83. The van der Waals surface area contributed by atoms with Gasteiger partial charge in [-0.3, -0.25) is 9.98 Å². The van der Waals surface area contributed by atoms with Crippen LogP contribution in [0.4, 0.5) is 0 Å². The van der Waals surface area contributed by atoms with E-state index >= 15 is 0 Å². The minimum atomic E-state index is -0.113. The van der Waals surface area contributed by atoms with Crippen molar-refractivity contribution in [2.75, 3.05) is 6.54 Å². The Balaban J connectivity index is 1.81. The van der Waals surface area contributed by atoms with Gasteiger partial charge in [-0.1, -0.05) is 48.0 Å². The van der Waals surface area contributed by atoms with Crippen LogP contribution < -0.4 is 0 Å². The number of amidine groups is 1. The van der Waals surface area contributed by atoms with Gasteiger partial charge >= 0.3 is 0 Å². The molecule has 3 heterocycles. The van der Waals surface area contributed by atoms with Crippen molar-refractivity contribution in [1.82, 2.24) is 9.88 Å². The van der Waals surface area contributed by atoms with Crippen molar-refractivity contribution in [3.8, 4) is 5.75 Å². The molecule has 0 spiro atoms. The minimum absolute atomic E-state index is 0.0250. The molecule has 0 bridgehead atoms. The van der Waals surface area contributed by atoms with E-state index in [4.69, 9.17) is 28.2 Å². The van der Waals surface area contributed by atoms with Crippen LogP contribution in [-0.4, -0.2) is 32.0 Å². The molecular weight excluding hydrogens is 365 g/mol. The van der Waals surface area contributed by atoms with Gasteiger partial charge in [-0.25, -0.2) is 0 Å². The van der Waals surface area contributed by atoms with Crippen LogP contribution in [0.3, 0.4) is 0 Å². The van der Waals surface area contributed by atoms with Gasteiger partial charge in [-0.05, 0) is 29.8 Å². The first kappa shape index (κ1) is 16.1. The smallest absolute Gasteiger partial charge is 0.160 e. The summed E-state index contributed by atoms with van der Waals surface area (Å²) in [5.74, 6) is -0.0835. The van der Waals surface area contributed by atoms with Crippen LogP contribution in [0, 0.1) is 0 Å². The molecule has 0 amide bonds. The fraction of sp³-hybridized carbons (Fsp3) is 0.294. The SMILES string of the molecule is CC1CN2C(=NC(c3ccccn3)C2c2cc(Cl)c(O)c(Cl)c2)S1. The van der Waals surface area contributed by atoms with E-state index in [1.165, 1.54) is 0 Å². The van der Waals surface area contributed by atoms with Gasteiger partial charge in [0.25, 0.3) is 0 Å². The number of halogens is 2. The molecule has 7 heteroatoms. The van der Waals surface area contributed by atoms with Crippen molar-refractivity contribution < 1.29 is 5.11 Å². The number of rotatable bonds is 2. The Kier molecular flexibility index (Phi) is 4.11. The quantitative estimate of drug-likeness (QED) is 0.822. The molecule has 0 saturated carbocycles. The largest absolute Gasteiger partial charge is 0.505 e. The van der Waals surface area contributed by atoms with Crippen molar-refractivity contribution in [2.45, 2.75) is 24.3 Å². The maximum atomic E-state index is 9.86. The molecule has 0 aliphatic carbocycles. The molecule has 4 nitrogen and oxygen atoms in total. The Morgan fingerprint density at radius 2 is 2.00 bits per heavy atom. The molecule has 4 rings (SSSR count). The summed E-state index contributed by atoms with van der Waals surface area (Å²) in [6.45, 7) is 3.10. The molecule has 2 aliphatic heterocycles. The second kappa shape index (κ2) is 6.14. The van der Waals surface area contributed by atoms with Gasteiger partial charge in [-0.15, -0.1) is 0 Å².